The minimum Gasteiger partial charge on any atom is -0.491 e. The van der Waals surface area contributed by atoms with Crippen molar-refractivity contribution < 1.29 is 8.95 Å². The van der Waals surface area contributed by atoms with E-state index in [1.165, 1.54) is 0 Å². The lowest BCUT2D eigenvalue weighted by atomic mass is 10.1. The lowest BCUT2D eigenvalue weighted by molar-refractivity contribution is 0.318. The van der Waals surface area contributed by atoms with Crippen LogP contribution in [-0.2, 0) is 9.73 Å². The first-order valence-electron chi connectivity index (χ1n) is 5.13. The highest BCUT2D eigenvalue weighted by atomic mass is 32.2. The number of fused-ring (bicyclic) bond motifs is 1. The molecule has 0 aromatic heterocycles. The van der Waals surface area contributed by atoms with Crippen LogP contribution in [0.4, 0.5) is 0 Å². The minimum atomic E-state index is -2.27. The van der Waals surface area contributed by atoms with Gasteiger partial charge >= 0.3 is 0 Å². The van der Waals surface area contributed by atoms with Gasteiger partial charge in [-0.2, -0.15) is 0 Å². The molecule has 1 N–H and O–H groups in total. The summed E-state index contributed by atoms with van der Waals surface area (Å²) >= 11 is 0. The fourth-order valence-corrected chi connectivity index (χ4v) is 2.63. The fraction of sp³-hybridized carbons (Fsp3) is 0.455. The van der Waals surface area contributed by atoms with Gasteiger partial charge in [0.1, 0.15) is 12.4 Å². The Hall–Kier alpha value is -1.07. The van der Waals surface area contributed by atoms with Gasteiger partial charge in [0.15, 0.2) is 0 Å². The normalized spacial score (nSPS) is 22.1. The van der Waals surface area contributed by atoms with E-state index in [0.717, 1.165) is 16.2 Å². The van der Waals surface area contributed by atoms with Gasteiger partial charge < -0.3 is 10.1 Å². The number of ether oxygens (including phenoxy) is 1. The van der Waals surface area contributed by atoms with Gasteiger partial charge in [-0.05, 0) is 19.2 Å². The van der Waals surface area contributed by atoms with Crippen LogP contribution in [0.15, 0.2) is 27.5 Å². The first-order chi connectivity index (χ1) is 7.58. The van der Waals surface area contributed by atoms with E-state index < -0.39 is 9.73 Å². The van der Waals surface area contributed by atoms with E-state index in [4.69, 9.17) is 4.74 Å². The Bertz CT molecular complexity index is 519. The van der Waals surface area contributed by atoms with Crippen LogP contribution in [-0.4, -0.2) is 31.2 Å². The zero-order valence-corrected chi connectivity index (χ0v) is 10.5. The third-order valence-corrected chi connectivity index (χ3v) is 4.73. The van der Waals surface area contributed by atoms with Gasteiger partial charge in [0.05, 0.1) is 20.7 Å². The lowest BCUT2D eigenvalue weighted by Crippen LogP contribution is -2.17. The van der Waals surface area contributed by atoms with E-state index in [-0.39, 0.29) is 6.04 Å². The van der Waals surface area contributed by atoms with Crippen LogP contribution in [0, 0.1) is 0 Å². The maximum Gasteiger partial charge on any atom is 0.125 e. The van der Waals surface area contributed by atoms with Crippen molar-refractivity contribution in [3.8, 4) is 5.75 Å². The molecule has 1 aromatic carbocycles. The van der Waals surface area contributed by atoms with Crippen molar-refractivity contribution in [2.45, 2.75) is 10.9 Å². The number of nitrogens with one attached hydrogen (secondary N) is 1. The smallest absolute Gasteiger partial charge is 0.125 e. The molecule has 1 aliphatic rings. The second-order valence-corrected chi connectivity index (χ2v) is 6.28. The van der Waals surface area contributed by atoms with Gasteiger partial charge in [-0.25, -0.2) is 8.57 Å². The third kappa shape index (κ3) is 1.81. The monoisotopic (exact) mass is 240 g/mol. The Kier molecular flexibility index (Phi) is 2.90. The Balaban J connectivity index is 2.47. The predicted octanol–water partition coefficient (Wildman–Crippen LogP) is 1.43. The summed E-state index contributed by atoms with van der Waals surface area (Å²) in [7, 11) is 1.21. The van der Waals surface area contributed by atoms with E-state index in [9.17, 15) is 4.21 Å². The van der Waals surface area contributed by atoms with Crippen LogP contribution in [0.5, 0.6) is 5.75 Å². The molecule has 0 spiro atoms. The average Bonchev–Trinajstić information content (AvgIpc) is 2.70. The second-order valence-electron chi connectivity index (χ2n) is 3.84. The van der Waals surface area contributed by atoms with Crippen molar-refractivity contribution in [3.05, 3.63) is 23.8 Å². The Morgan fingerprint density at radius 2 is 2.31 bits per heavy atom. The van der Waals surface area contributed by atoms with Gasteiger partial charge in [-0.15, -0.1) is 0 Å². The molecule has 1 aliphatic heterocycles. The highest BCUT2D eigenvalue weighted by Crippen LogP contribution is 2.34. The zero-order chi connectivity index (χ0) is 11.8. The van der Waals surface area contributed by atoms with E-state index in [1.807, 2.05) is 25.2 Å². The molecule has 1 heterocycles. The molecule has 0 bridgehead atoms. The number of benzene rings is 1. The summed E-state index contributed by atoms with van der Waals surface area (Å²) in [5.41, 5.74) is 1.12. The highest BCUT2D eigenvalue weighted by Gasteiger charge is 2.23. The summed E-state index contributed by atoms with van der Waals surface area (Å²) in [6.45, 7) is 0.628. The second kappa shape index (κ2) is 4.07. The summed E-state index contributed by atoms with van der Waals surface area (Å²) in [5.74, 6) is 0.815. The molecule has 2 unspecified atom stereocenters. The molecule has 0 aliphatic carbocycles. The molecule has 0 amide bonds. The largest absolute Gasteiger partial charge is 0.491 e. The van der Waals surface area contributed by atoms with Gasteiger partial charge in [0.25, 0.3) is 0 Å². The first-order valence-corrected chi connectivity index (χ1v) is 7.05. The Labute approximate surface area is 96.2 Å². The van der Waals surface area contributed by atoms with E-state index in [1.54, 1.807) is 13.3 Å². The van der Waals surface area contributed by atoms with Crippen LogP contribution >= 0.6 is 0 Å². The number of nitrogens with zero attached hydrogens (tertiary/aromatic N) is 1. The van der Waals surface area contributed by atoms with Crippen molar-refractivity contribution >= 4 is 9.73 Å². The molecule has 2 rings (SSSR count). The molecular weight excluding hydrogens is 224 g/mol. The van der Waals surface area contributed by atoms with Crippen LogP contribution < -0.4 is 10.1 Å². The van der Waals surface area contributed by atoms with Crippen molar-refractivity contribution in [2.24, 2.45) is 4.36 Å². The molecule has 5 heteroatoms. The molecule has 0 radical (unpaired) electrons. The molecule has 2 atom stereocenters. The first kappa shape index (κ1) is 11.4. The summed E-state index contributed by atoms with van der Waals surface area (Å²) in [6.07, 6.45) is 1.64. The Morgan fingerprint density at radius 1 is 1.56 bits per heavy atom. The number of likely N-dealkylation sites (N-methyl/N-ethyl adjacent to an activating group) is 1. The predicted molar refractivity (Wildman–Crippen MR) is 64.4 cm³/mol. The van der Waals surface area contributed by atoms with Gasteiger partial charge in [-0.3, -0.25) is 0 Å². The summed E-state index contributed by atoms with van der Waals surface area (Å²) in [5, 5.41) is 3.17. The maximum absolute atomic E-state index is 12.1. The third-order valence-electron chi connectivity index (χ3n) is 2.90. The molecule has 1 aromatic rings. The van der Waals surface area contributed by atoms with Crippen LogP contribution in [0.3, 0.4) is 0 Å². The van der Waals surface area contributed by atoms with Crippen LogP contribution in [0.25, 0.3) is 0 Å². The average molecular weight is 240 g/mol. The van der Waals surface area contributed by atoms with E-state index in [2.05, 4.69) is 9.68 Å². The zero-order valence-electron chi connectivity index (χ0n) is 9.69. The van der Waals surface area contributed by atoms with Gasteiger partial charge in [0, 0.05) is 18.9 Å². The van der Waals surface area contributed by atoms with E-state index >= 15 is 0 Å². The number of hydrogen-bond acceptors (Lipinski definition) is 4. The molecule has 0 saturated carbocycles. The summed E-state index contributed by atoms with van der Waals surface area (Å²) in [6, 6.07) is 5.90. The van der Waals surface area contributed by atoms with Crippen molar-refractivity contribution in [2.75, 3.05) is 27.0 Å². The highest BCUT2D eigenvalue weighted by molar-refractivity contribution is 7.93. The quantitative estimate of drug-likeness (QED) is 0.850. The van der Waals surface area contributed by atoms with Gasteiger partial charge in [-0.1, -0.05) is 6.07 Å². The molecular formula is C11H16N2O2S. The number of hydrogen-bond donors (Lipinski definition) is 1. The van der Waals surface area contributed by atoms with Gasteiger partial charge in [0.2, 0.25) is 0 Å². The molecule has 4 nitrogen and oxygen atoms in total. The minimum absolute atomic E-state index is 0.232. The van der Waals surface area contributed by atoms with Crippen LogP contribution in [0.2, 0.25) is 0 Å². The summed E-state index contributed by atoms with van der Waals surface area (Å²) < 4.78 is 21.5. The standard InChI is InChI=1S/C11H16N2O2S/c1-12-10-7-15-11-6-8(4-5-9(10)11)16(3,14)13-2/h4-6,10,12H,7H2,1-3H3. The summed E-state index contributed by atoms with van der Waals surface area (Å²) in [4.78, 5) is 0.727. The topological polar surface area (TPSA) is 50.7 Å². The van der Waals surface area contributed by atoms with Crippen molar-refractivity contribution in [1.82, 2.24) is 5.32 Å². The lowest BCUT2D eigenvalue weighted by Gasteiger charge is -2.07. The van der Waals surface area contributed by atoms with Crippen LogP contribution in [0.1, 0.15) is 11.6 Å². The SMILES string of the molecule is CN=S(C)(=O)c1ccc2c(c1)OCC2NC. The molecule has 0 saturated heterocycles. The molecule has 0 fully saturated rings. The van der Waals surface area contributed by atoms with Crippen molar-refractivity contribution in [1.29, 1.82) is 0 Å². The molecule has 16 heavy (non-hydrogen) atoms. The van der Waals surface area contributed by atoms with Crippen molar-refractivity contribution in [3.63, 3.8) is 0 Å². The fourth-order valence-electron chi connectivity index (χ4n) is 1.77. The van der Waals surface area contributed by atoms with E-state index in [0.29, 0.717) is 6.61 Å². The Morgan fingerprint density at radius 3 is 2.94 bits per heavy atom. The maximum atomic E-state index is 12.1. The molecule has 88 valence electrons. The number of rotatable bonds is 2.